The summed E-state index contributed by atoms with van der Waals surface area (Å²) >= 11 is -1.56. The molecular formula is C19H21BN6O3S. The van der Waals surface area contributed by atoms with Crippen molar-refractivity contribution in [1.82, 2.24) is 15.2 Å². The first kappa shape index (κ1) is 20.6. The van der Waals surface area contributed by atoms with E-state index < -0.39 is 18.5 Å². The van der Waals surface area contributed by atoms with Crippen LogP contribution in [-0.4, -0.2) is 42.9 Å². The minimum absolute atomic E-state index is 0.0597. The topological polar surface area (TPSA) is 143 Å². The van der Waals surface area contributed by atoms with Crippen molar-refractivity contribution < 1.29 is 14.6 Å². The maximum absolute atomic E-state index is 11.9. The van der Waals surface area contributed by atoms with Gasteiger partial charge in [0.25, 0.3) is 5.95 Å². The molecule has 3 aromatic rings. The van der Waals surface area contributed by atoms with E-state index in [1.165, 1.54) is 6.20 Å². The molecule has 0 bridgehead atoms. The number of hydrogen-bond acceptors (Lipinski definition) is 9. The van der Waals surface area contributed by atoms with Crippen LogP contribution in [0.3, 0.4) is 0 Å². The number of nitrogens with two attached hydrogens (primary N) is 1. The van der Waals surface area contributed by atoms with Gasteiger partial charge in [0.2, 0.25) is 0 Å². The van der Waals surface area contributed by atoms with Crippen LogP contribution in [0.2, 0.25) is 0 Å². The third-order valence-corrected chi connectivity index (χ3v) is 5.83. The van der Waals surface area contributed by atoms with E-state index in [-0.39, 0.29) is 6.04 Å². The van der Waals surface area contributed by atoms with E-state index in [9.17, 15) is 14.6 Å². The maximum atomic E-state index is 11.9. The number of hydrogen-bond donors (Lipinski definition) is 4. The van der Waals surface area contributed by atoms with Crippen molar-refractivity contribution in [2.24, 2.45) is 5.14 Å². The lowest BCUT2D eigenvalue weighted by Crippen LogP contribution is -2.30. The molecule has 5 N–H and O–H groups in total. The summed E-state index contributed by atoms with van der Waals surface area (Å²) in [7, 11) is -1.51. The Hall–Kier alpha value is -2.70. The summed E-state index contributed by atoms with van der Waals surface area (Å²) in [5.74, 6) is 0.972. The molecule has 1 aliphatic heterocycles. The molecule has 30 heavy (non-hydrogen) atoms. The van der Waals surface area contributed by atoms with Crippen LogP contribution in [0.4, 0.5) is 17.5 Å². The van der Waals surface area contributed by atoms with E-state index in [2.05, 4.69) is 20.5 Å². The van der Waals surface area contributed by atoms with Crippen molar-refractivity contribution in [1.29, 1.82) is 0 Å². The summed E-state index contributed by atoms with van der Waals surface area (Å²) in [6.45, 7) is 2.47. The fraction of sp³-hybridized carbons (Fsp3) is 0.211. The molecule has 0 saturated carbocycles. The second-order valence-electron chi connectivity index (χ2n) is 7.09. The average Bonchev–Trinajstić information content (AvgIpc) is 3.08. The van der Waals surface area contributed by atoms with Crippen LogP contribution in [0.5, 0.6) is 0 Å². The van der Waals surface area contributed by atoms with Gasteiger partial charge in [-0.1, -0.05) is 30.3 Å². The van der Waals surface area contributed by atoms with E-state index >= 15 is 0 Å². The molecule has 154 valence electrons. The van der Waals surface area contributed by atoms with E-state index in [1.54, 1.807) is 24.3 Å². The monoisotopic (exact) mass is 424 g/mol. The third kappa shape index (κ3) is 4.11. The van der Waals surface area contributed by atoms with Gasteiger partial charge in [-0.3, -0.25) is 0 Å². The number of nitrogens with zero attached hydrogens (tertiary/aromatic N) is 4. The zero-order valence-electron chi connectivity index (χ0n) is 16.3. The highest BCUT2D eigenvalue weighted by atomic mass is 32.2. The molecule has 4 rings (SSSR count). The number of benzene rings is 2. The summed E-state index contributed by atoms with van der Waals surface area (Å²) in [5, 5.41) is 35.7. The summed E-state index contributed by atoms with van der Waals surface area (Å²) in [6.07, 6.45) is 2.22. The largest absolute Gasteiger partial charge is 0.593 e. The first-order valence-electron chi connectivity index (χ1n) is 9.40. The van der Waals surface area contributed by atoms with Gasteiger partial charge in [0.05, 0.1) is 23.2 Å². The van der Waals surface area contributed by atoms with Crippen LogP contribution in [0.15, 0.2) is 53.6 Å². The fourth-order valence-corrected chi connectivity index (χ4v) is 4.28. The Morgan fingerprint density at radius 2 is 2.10 bits per heavy atom. The third-order valence-electron chi connectivity index (χ3n) is 5.01. The highest BCUT2D eigenvalue weighted by molar-refractivity contribution is 7.89. The Morgan fingerprint density at radius 1 is 1.30 bits per heavy atom. The number of anilines is 3. The Kier molecular flexibility index (Phi) is 5.88. The summed E-state index contributed by atoms with van der Waals surface area (Å²) in [5.41, 5.74) is 3.11. The van der Waals surface area contributed by atoms with Gasteiger partial charge in [-0.2, -0.15) is 10.1 Å². The van der Waals surface area contributed by atoms with E-state index in [0.717, 1.165) is 16.8 Å². The van der Waals surface area contributed by atoms with Crippen molar-refractivity contribution in [3.05, 3.63) is 59.8 Å². The molecule has 0 radical (unpaired) electrons. The van der Waals surface area contributed by atoms with E-state index in [0.29, 0.717) is 35.1 Å². The number of aromatic nitrogens is 3. The Labute approximate surface area is 177 Å². The molecule has 0 fully saturated rings. The van der Waals surface area contributed by atoms with Crippen molar-refractivity contribution in [3.8, 4) is 0 Å². The Balaban J connectivity index is 1.56. The Bertz CT molecular complexity index is 1050. The molecule has 0 saturated heterocycles. The number of fused-ring (bicyclic) bond motifs is 1. The number of nitrogens with one attached hydrogen (secondary N) is 1. The zero-order chi connectivity index (χ0) is 21.3. The van der Waals surface area contributed by atoms with Crippen molar-refractivity contribution in [2.45, 2.75) is 30.8 Å². The summed E-state index contributed by atoms with van der Waals surface area (Å²) in [6, 6.07) is 12.6. The van der Waals surface area contributed by atoms with Gasteiger partial charge in [0.15, 0.2) is 10.7 Å². The smallest absolute Gasteiger partial charge is 0.488 e. The van der Waals surface area contributed by atoms with Gasteiger partial charge >= 0.3 is 7.12 Å². The van der Waals surface area contributed by atoms with Crippen molar-refractivity contribution >= 4 is 41.4 Å². The van der Waals surface area contributed by atoms with Gasteiger partial charge in [-0.05, 0) is 30.1 Å². The molecule has 2 atom stereocenters. The predicted molar refractivity (Wildman–Crippen MR) is 116 cm³/mol. The highest BCUT2D eigenvalue weighted by Crippen LogP contribution is 2.39. The lowest BCUT2D eigenvalue weighted by atomic mass is 9.80. The van der Waals surface area contributed by atoms with Gasteiger partial charge < -0.3 is 24.8 Å². The highest BCUT2D eigenvalue weighted by Gasteiger charge is 2.33. The molecule has 0 aliphatic carbocycles. The fourth-order valence-electron chi connectivity index (χ4n) is 3.64. The quantitative estimate of drug-likeness (QED) is 0.323. The van der Waals surface area contributed by atoms with Crippen LogP contribution < -0.4 is 20.8 Å². The van der Waals surface area contributed by atoms with Crippen LogP contribution in [0, 0.1) is 0 Å². The normalized spacial score (nSPS) is 16.3. The molecule has 2 aromatic carbocycles. The summed E-state index contributed by atoms with van der Waals surface area (Å²) in [4.78, 5) is 7.17. The molecule has 1 aromatic heterocycles. The lowest BCUT2D eigenvalue weighted by Gasteiger charge is -2.22. The lowest BCUT2D eigenvalue weighted by molar-refractivity contribution is 0.425. The Morgan fingerprint density at radius 3 is 2.87 bits per heavy atom. The van der Waals surface area contributed by atoms with Gasteiger partial charge in [0.1, 0.15) is 0 Å². The minimum Gasteiger partial charge on any atom is -0.593 e. The number of rotatable bonds is 6. The second-order valence-corrected chi connectivity index (χ2v) is 8.12. The maximum Gasteiger partial charge on any atom is 0.488 e. The molecule has 11 heteroatoms. The van der Waals surface area contributed by atoms with Gasteiger partial charge in [0, 0.05) is 24.6 Å². The van der Waals surface area contributed by atoms with Crippen molar-refractivity contribution in [3.63, 3.8) is 0 Å². The summed E-state index contributed by atoms with van der Waals surface area (Å²) < 4.78 is 11.9. The zero-order valence-corrected chi connectivity index (χ0v) is 17.1. The average molecular weight is 424 g/mol. The van der Waals surface area contributed by atoms with E-state index in [4.69, 9.17) is 5.14 Å². The SMILES string of the molecule is CC1Cc2c(cccc2[S+](N)[O-])N1c1nncc(NCc2cccc(B(O)O)c2)n1. The molecule has 0 spiro atoms. The molecule has 2 unspecified atom stereocenters. The van der Waals surface area contributed by atoms with Gasteiger partial charge in [-0.15, -0.1) is 10.2 Å². The van der Waals surface area contributed by atoms with Crippen molar-refractivity contribution in [2.75, 3.05) is 10.2 Å². The predicted octanol–water partition coefficient (Wildman–Crippen LogP) is 0.228. The first-order chi connectivity index (χ1) is 14.4. The van der Waals surface area contributed by atoms with E-state index in [1.807, 2.05) is 30.0 Å². The molecule has 0 amide bonds. The molecular weight excluding hydrogens is 403 g/mol. The first-order valence-corrected chi connectivity index (χ1v) is 10.6. The van der Waals surface area contributed by atoms with Crippen LogP contribution in [0.1, 0.15) is 18.1 Å². The van der Waals surface area contributed by atoms with Gasteiger partial charge in [-0.25, -0.2) is 0 Å². The minimum atomic E-state index is -1.56. The molecule has 9 nitrogen and oxygen atoms in total. The van der Waals surface area contributed by atoms with Crippen LogP contribution in [-0.2, 0) is 24.3 Å². The molecule has 1 aliphatic rings. The molecule has 2 heterocycles. The standard InChI is InChI=1S/C19H21BN6O3S/c1-12-8-15-16(6-3-7-17(15)30(21)29)26(12)19-24-18(11-23-25-19)22-10-13-4-2-5-14(9-13)20(27)28/h2-7,9,11-12,27-28H,8,10,21H2,1H3,(H,22,24,25). The van der Waals surface area contributed by atoms with Crippen LogP contribution in [0.25, 0.3) is 0 Å². The second kappa shape index (κ2) is 8.58. The van der Waals surface area contributed by atoms with Crippen LogP contribution >= 0.6 is 0 Å².